The van der Waals surface area contributed by atoms with Crippen molar-refractivity contribution in [2.45, 2.75) is 40.2 Å². The van der Waals surface area contributed by atoms with Crippen molar-refractivity contribution in [3.63, 3.8) is 0 Å². The molecular formula is C17H30N2. The fourth-order valence-corrected chi connectivity index (χ4v) is 2.38. The van der Waals surface area contributed by atoms with E-state index in [0.29, 0.717) is 0 Å². The first-order chi connectivity index (χ1) is 9.15. The molecule has 0 saturated carbocycles. The van der Waals surface area contributed by atoms with Gasteiger partial charge in [0.2, 0.25) is 0 Å². The van der Waals surface area contributed by atoms with Crippen molar-refractivity contribution < 1.29 is 0 Å². The zero-order chi connectivity index (χ0) is 14.3. The van der Waals surface area contributed by atoms with Crippen LogP contribution < -0.4 is 4.90 Å². The molecule has 1 aliphatic heterocycles. The van der Waals surface area contributed by atoms with Crippen LogP contribution in [0.2, 0.25) is 0 Å². The zero-order valence-electron chi connectivity index (χ0n) is 13.3. The average Bonchev–Trinajstić information content (AvgIpc) is 2.44. The molecule has 0 unspecified atom stereocenters. The van der Waals surface area contributed by atoms with Crippen LogP contribution in [0.1, 0.15) is 39.2 Å². The van der Waals surface area contributed by atoms with Gasteiger partial charge in [0.1, 0.15) is 0 Å². The fraction of sp³-hybridized carbons (Fsp3) is 0.647. The standard InChI is InChI=1S/C15H24N2.C2H6/c1-13-8-10-17(11-9-13)12-14-4-6-15(7-5-14)16(2)3;1-2/h4-7,13H,8-12H2,1-3H3;1-2H3. The van der Waals surface area contributed by atoms with Crippen LogP contribution in [-0.2, 0) is 6.54 Å². The van der Waals surface area contributed by atoms with Gasteiger partial charge in [0.15, 0.2) is 0 Å². The van der Waals surface area contributed by atoms with Crippen molar-refractivity contribution in [1.29, 1.82) is 0 Å². The Hall–Kier alpha value is -1.02. The summed E-state index contributed by atoms with van der Waals surface area (Å²) in [7, 11) is 4.17. The molecule has 1 fully saturated rings. The summed E-state index contributed by atoms with van der Waals surface area (Å²) in [6.07, 6.45) is 2.71. The van der Waals surface area contributed by atoms with Crippen molar-refractivity contribution in [2.75, 3.05) is 32.1 Å². The predicted molar refractivity (Wildman–Crippen MR) is 85.8 cm³/mol. The third-order valence-corrected chi connectivity index (χ3v) is 3.74. The Kier molecular flexibility index (Phi) is 6.93. The minimum Gasteiger partial charge on any atom is -0.378 e. The van der Waals surface area contributed by atoms with Gasteiger partial charge in [0.25, 0.3) is 0 Å². The Morgan fingerprint density at radius 2 is 1.58 bits per heavy atom. The first-order valence-corrected chi connectivity index (χ1v) is 7.64. The SMILES string of the molecule is CC.CC1CCN(Cc2ccc(N(C)C)cc2)CC1. The molecule has 19 heavy (non-hydrogen) atoms. The Morgan fingerprint density at radius 3 is 2.05 bits per heavy atom. The molecular weight excluding hydrogens is 232 g/mol. The van der Waals surface area contributed by atoms with Gasteiger partial charge in [-0.2, -0.15) is 0 Å². The number of nitrogens with zero attached hydrogens (tertiary/aromatic N) is 2. The van der Waals surface area contributed by atoms with E-state index in [2.05, 4.69) is 55.1 Å². The second-order valence-corrected chi connectivity index (χ2v) is 5.52. The van der Waals surface area contributed by atoms with Crippen LogP contribution in [0.4, 0.5) is 5.69 Å². The van der Waals surface area contributed by atoms with Crippen LogP contribution >= 0.6 is 0 Å². The van der Waals surface area contributed by atoms with E-state index in [4.69, 9.17) is 0 Å². The van der Waals surface area contributed by atoms with E-state index in [-0.39, 0.29) is 0 Å². The number of piperidine rings is 1. The summed E-state index contributed by atoms with van der Waals surface area (Å²) in [5, 5.41) is 0. The lowest BCUT2D eigenvalue weighted by Crippen LogP contribution is -2.32. The van der Waals surface area contributed by atoms with Gasteiger partial charge in [-0.05, 0) is 49.5 Å². The van der Waals surface area contributed by atoms with E-state index in [1.165, 1.54) is 37.2 Å². The lowest BCUT2D eigenvalue weighted by Gasteiger charge is -2.30. The molecule has 0 amide bonds. The van der Waals surface area contributed by atoms with Crippen molar-refractivity contribution >= 4 is 5.69 Å². The maximum atomic E-state index is 2.57. The maximum Gasteiger partial charge on any atom is 0.0361 e. The Balaban J connectivity index is 0.000000861. The molecule has 1 aromatic rings. The molecule has 1 saturated heterocycles. The molecule has 1 aliphatic rings. The van der Waals surface area contributed by atoms with Gasteiger partial charge in [-0.25, -0.2) is 0 Å². The van der Waals surface area contributed by atoms with Crippen molar-refractivity contribution in [2.24, 2.45) is 5.92 Å². The van der Waals surface area contributed by atoms with Gasteiger partial charge in [0.05, 0.1) is 0 Å². The Bertz CT molecular complexity index is 335. The van der Waals surface area contributed by atoms with Crippen molar-refractivity contribution in [3.05, 3.63) is 29.8 Å². The highest BCUT2D eigenvalue weighted by molar-refractivity contribution is 5.45. The summed E-state index contributed by atoms with van der Waals surface area (Å²) >= 11 is 0. The minimum absolute atomic E-state index is 0.919. The molecule has 0 atom stereocenters. The molecule has 0 spiro atoms. The maximum absolute atomic E-state index is 2.57. The van der Waals surface area contributed by atoms with Gasteiger partial charge in [0, 0.05) is 26.3 Å². The molecule has 0 aromatic heterocycles. The van der Waals surface area contributed by atoms with Crippen LogP contribution in [0.15, 0.2) is 24.3 Å². The molecule has 2 nitrogen and oxygen atoms in total. The molecule has 108 valence electrons. The number of hydrogen-bond donors (Lipinski definition) is 0. The monoisotopic (exact) mass is 262 g/mol. The van der Waals surface area contributed by atoms with Gasteiger partial charge < -0.3 is 4.90 Å². The van der Waals surface area contributed by atoms with Crippen LogP contribution in [0.25, 0.3) is 0 Å². The molecule has 2 rings (SSSR count). The van der Waals surface area contributed by atoms with E-state index >= 15 is 0 Å². The highest BCUT2D eigenvalue weighted by atomic mass is 15.1. The first-order valence-electron chi connectivity index (χ1n) is 7.64. The second kappa shape index (κ2) is 8.21. The summed E-state index contributed by atoms with van der Waals surface area (Å²) in [6.45, 7) is 10.00. The molecule has 0 bridgehead atoms. The van der Waals surface area contributed by atoms with Crippen molar-refractivity contribution in [3.8, 4) is 0 Å². The zero-order valence-corrected chi connectivity index (χ0v) is 13.3. The quantitative estimate of drug-likeness (QED) is 0.812. The van der Waals surface area contributed by atoms with Gasteiger partial charge in [-0.1, -0.05) is 32.9 Å². The Labute approximate surface area is 119 Å². The molecule has 1 aromatic carbocycles. The van der Waals surface area contributed by atoms with Crippen molar-refractivity contribution in [1.82, 2.24) is 4.90 Å². The molecule has 0 N–H and O–H groups in total. The lowest BCUT2D eigenvalue weighted by atomic mass is 9.99. The van der Waals surface area contributed by atoms with Gasteiger partial charge in [-0.15, -0.1) is 0 Å². The van der Waals surface area contributed by atoms with Gasteiger partial charge >= 0.3 is 0 Å². The van der Waals surface area contributed by atoms with Crippen LogP contribution in [0, 0.1) is 5.92 Å². The third kappa shape index (κ3) is 5.23. The van der Waals surface area contributed by atoms with Gasteiger partial charge in [-0.3, -0.25) is 4.90 Å². The third-order valence-electron chi connectivity index (χ3n) is 3.74. The minimum atomic E-state index is 0.919. The van der Waals surface area contributed by atoms with E-state index in [0.717, 1.165) is 12.5 Å². The van der Waals surface area contributed by atoms with Crippen LogP contribution in [-0.4, -0.2) is 32.1 Å². The molecule has 1 heterocycles. The molecule has 0 aliphatic carbocycles. The smallest absolute Gasteiger partial charge is 0.0361 e. The average molecular weight is 262 g/mol. The van der Waals surface area contributed by atoms with E-state index in [9.17, 15) is 0 Å². The number of anilines is 1. The highest BCUT2D eigenvalue weighted by Crippen LogP contribution is 2.19. The Morgan fingerprint density at radius 1 is 1.05 bits per heavy atom. The second-order valence-electron chi connectivity index (χ2n) is 5.52. The largest absolute Gasteiger partial charge is 0.378 e. The number of hydrogen-bond acceptors (Lipinski definition) is 2. The highest BCUT2D eigenvalue weighted by Gasteiger charge is 2.15. The van der Waals surface area contributed by atoms with Crippen LogP contribution in [0.3, 0.4) is 0 Å². The van der Waals surface area contributed by atoms with E-state index < -0.39 is 0 Å². The van der Waals surface area contributed by atoms with E-state index in [1.54, 1.807) is 0 Å². The topological polar surface area (TPSA) is 6.48 Å². The first kappa shape index (κ1) is 16.0. The molecule has 2 heteroatoms. The normalized spacial score (nSPS) is 16.7. The fourth-order valence-electron chi connectivity index (χ4n) is 2.38. The summed E-state index contributed by atoms with van der Waals surface area (Å²) in [5.74, 6) is 0.919. The van der Waals surface area contributed by atoms with E-state index in [1.807, 2.05) is 13.8 Å². The number of benzene rings is 1. The summed E-state index contributed by atoms with van der Waals surface area (Å²) in [4.78, 5) is 4.72. The summed E-state index contributed by atoms with van der Waals surface area (Å²) < 4.78 is 0. The summed E-state index contributed by atoms with van der Waals surface area (Å²) in [5.41, 5.74) is 2.71. The summed E-state index contributed by atoms with van der Waals surface area (Å²) in [6, 6.07) is 8.94. The number of likely N-dealkylation sites (tertiary alicyclic amines) is 1. The molecule has 0 radical (unpaired) electrons. The lowest BCUT2D eigenvalue weighted by molar-refractivity contribution is 0.185. The number of rotatable bonds is 3. The predicted octanol–water partition coefficient (Wildman–Crippen LogP) is 4.01. The van der Waals surface area contributed by atoms with Crippen LogP contribution in [0.5, 0.6) is 0 Å².